The minimum atomic E-state index is -0.154. The van der Waals surface area contributed by atoms with E-state index in [-0.39, 0.29) is 11.8 Å². The normalized spacial score (nSPS) is 13.4. The Hall–Kier alpha value is -2.62. The van der Waals surface area contributed by atoms with E-state index in [9.17, 15) is 9.59 Å². The Balaban J connectivity index is 1.59. The van der Waals surface area contributed by atoms with Crippen LogP contribution in [0.2, 0.25) is 0 Å². The number of benzene rings is 2. The predicted octanol–water partition coefficient (Wildman–Crippen LogP) is 3.45. The number of amides is 2. The number of carbonyl (C=O) groups excluding carboxylic acids is 2. The minimum Gasteiger partial charge on any atom is -0.348 e. The fourth-order valence-electron chi connectivity index (χ4n) is 2.55. The van der Waals surface area contributed by atoms with Gasteiger partial charge in [-0.2, -0.15) is 0 Å². The highest BCUT2D eigenvalue weighted by molar-refractivity contribution is 5.96. The second kappa shape index (κ2) is 6.65. The summed E-state index contributed by atoms with van der Waals surface area (Å²) >= 11 is 0. The molecule has 2 aromatic carbocycles. The third-order valence-electron chi connectivity index (χ3n) is 3.93. The Morgan fingerprint density at radius 2 is 1.83 bits per heavy atom. The van der Waals surface area contributed by atoms with Crippen LogP contribution >= 0.6 is 0 Å². The molecule has 4 heteroatoms. The van der Waals surface area contributed by atoms with Crippen molar-refractivity contribution >= 4 is 17.5 Å². The van der Waals surface area contributed by atoms with E-state index >= 15 is 0 Å². The summed E-state index contributed by atoms with van der Waals surface area (Å²) in [5.41, 5.74) is 3.63. The van der Waals surface area contributed by atoms with Gasteiger partial charge in [0, 0.05) is 24.7 Å². The summed E-state index contributed by atoms with van der Waals surface area (Å²) in [5, 5.41) is 5.59. The number of hydrogen-bond donors (Lipinski definition) is 2. The van der Waals surface area contributed by atoms with E-state index in [2.05, 4.69) is 34.9 Å². The third-order valence-corrected chi connectivity index (χ3v) is 3.93. The van der Waals surface area contributed by atoms with Gasteiger partial charge < -0.3 is 10.6 Å². The Bertz CT molecular complexity index is 718. The summed E-state index contributed by atoms with van der Waals surface area (Å²) in [6, 6.07) is 15.4. The summed E-state index contributed by atoms with van der Waals surface area (Å²) in [4.78, 5) is 23.3. The number of nitrogens with one attached hydrogen (secondary N) is 2. The van der Waals surface area contributed by atoms with E-state index in [0.717, 1.165) is 11.5 Å². The molecule has 1 saturated carbocycles. The van der Waals surface area contributed by atoms with Crippen molar-refractivity contribution in [2.24, 2.45) is 0 Å². The Morgan fingerprint density at radius 3 is 2.48 bits per heavy atom. The fraction of sp³-hybridized carbons (Fsp3) is 0.263. The van der Waals surface area contributed by atoms with Crippen molar-refractivity contribution in [2.75, 3.05) is 5.32 Å². The highest BCUT2D eigenvalue weighted by atomic mass is 16.2. The molecule has 23 heavy (non-hydrogen) atoms. The van der Waals surface area contributed by atoms with Crippen LogP contribution < -0.4 is 10.6 Å². The van der Waals surface area contributed by atoms with Gasteiger partial charge in [0.25, 0.3) is 5.91 Å². The molecular weight excluding hydrogens is 288 g/mol. The maximum Gasteiger partial charge on any atom is 0.251 e. The molecule has 1 aliphatic rings. The van der Waals surface area contributed by atoms with Gasteiger partial charge in [0.1, 0.15) is 0 Å². The molecule has 0 aliphatic heterocycles. The molecule has 2 N–H and O–H groups in total. The number of carbonyl (C=O) groups is 2. The van der Waals surface area contributed by atoms with Crippen LogP contribution in [0, 0.1) is 0 Å². The zero-order valence-corrected chi connectivity index (χ0v) is 13.1. The highest BCUT2D eigenvalue weighted by Crippen LogP contribution is 2.39. The van der Waals surface area contributed by atoms with Crippen LogP contribution in [0.4, 0.5) is 5.69 Å². The molecule has 3 rings (SSSR count). The first-order valence-electron chi connectivity index (χ1n) is 7.86. The quantitative estimate of drug-likeness (QED) is 0.889. The molecule has 0 atom stereocenters. The Kier molecular flexibility index (Phi) is 4.42. The van der Waals surface area contributed by atoms with Gasteiger partial charge in [-0.3, -0.25) is 9.59 Å². The van der Waals surface area contributed by atoms with Crippen molar-refractivity contribution in [3.63, 3.8) is 0 Å². The average molecular weight is 308 g/mol. The first kappa shape index (κ1) is 15.3. The lowest BCUT2D eigenvalue weighted by molar-refractivity contribution is -0.114. The Labute approximate surface area is 135 Å². The first-order valence-corrected chi connectivity index (χ1v) is 7.86. The molecule has 0 unspecified atom stereocenters. The molecule has 2 aromatic rings. The number of anilines is 1. The van der Waals surface area contributed by atoms with Crippen LogP contribution in [-0.4, -0.2) is 11.8 Å². The minimum absolute atomic E-state index is 0.150. The zero-order valence-electron chi connectivity index (χ0n) is 13.1. The van der Waals surface area contributed by atoms with E-state index in [1.807, 2.05) is 0 Å². The van der Waals surface area contributed by atoms with E-state index in [0.29, 0.717) is 17.8 Å². The molecule has 0 radical (unpaired) electrons. The summed E-state index contributed by atoms with van der Waals surface area (Å²) in [6.07, 6.45) is 2.58. The highest BCUT2D eigenvalue weighted by Gasteiger charge is 2.22. The van der Waals surface area contributed by atoms with Gasteiger partial charge in [-0.15, -0.1) is 0 Å². The molecule has 0 spiro atoms. The summed E-state index contributed by atoms with van der Waals surface area (Å²) in [7, 11) is 0. The lowest BCUT2D eigenvalue weighted by atomic mass is 10.1. The van der Waals surface area contributed by atoms with Gasteiger partial charge in [0.15, 0.2) is 0 Å². The van der Waals surface area contributed by atoms with Crippen LogP contribution in [-0.2, 0) is 11.3 Å². The maximum absolute atomic E-state index is 12.2. The van der Waals surface area contributed by atoms with Crippen LogP contribution in [0.3, 0.4) is 0 Å². The molecule has 2 amide bonds. The molecular formula is C19H20N2O2. The largest absolute Gasteiger partial charge is 0.348 e. The van der Waals surface area contributed by atoms with E-state index in [1.165, 1.54) is 25.3 Å². The topological polar surface area (TPSA) is 58.2 Å². The zero-order chi connectivity index (χ0) is 16.2. The van der Waals surface area contributed by atoms with Crippen molar-refractivity contribution in [3.8, 4) is 0 Å². The summed E-state index contributed by atoms with van der Waals surface area (Å²) < 4.78 is 0. The van der Waals surface area contributed by atoms with Crippen molar-refractivity contribution in [1.82, 2.24) is 5.32 Å². The summed E-state index contributed by atoms with van der Waals surface area (Å²) in [5.74, 6) is 0.442. The van der Waals surface area contributed by atoms with Crippen LogP contribution in [0.1, 0.15) is 47.2 Å². The lowest BCUT2D eigenvalue weighted by Gasteiger charge is -2.08. The fourth-order valence-corrected chi connectivity index (χ4v) is 2.55. The second-order valence-electron chi connectivity index (χ2n) is 5.96. The van der Waals surface area contributed by atoms with Gasteiger partial charge in [0.2, 0.25) is 5.91 Å². The van der Waals surface area contributed by atoms with Gasteiger partial charge in [-0.05, 0) is 48.1 Å². The van der Waals surface area contributed by atoms with Crippen LogP contribution in [0.15, 0.2) is 48.5 Å². The molecule has 0 bridgehead atoms. The standard InChI is InChI=1S/C19H20N2O2/c1-13(22)21-18-4-2-3-17(11-18)19(23)20-12-14-5-7-15(8-6-14)16-9-10-16/h2-8,11,16H,9-10,12H2,1H3,(H,20,23)(H,21,22). The SMILES string of the molecule is CC(=O)Nc1cccc(C(=O)NCc2ccc(C3CC3)cc2)c1. The monoisotopic (exact) mass is 308 g/mol. The molecule has 1 aliphatic carbocycles. The smallest absolute Gasteiger partial charge is 0.251 e. The predicted molar refractivity (Wildman–Crippen MR) is 90.3 cm³/mol. The molecule has 0 heterocycles. The van der Waals surface area contributed by atoms with Crippen LogP contribution in [0.25, 0.3) is 0 Å². The maximum atomic E-state index is 12.2. The molecule has 0 saturated heterocycles. The van der Waals surface area contributed by atoms with E-state index < -0.39 is 0 Å². The van der Waals surface area contributed by atoms with Crippen molar-refractivity contribution in [1.29, 1.82) is 0 Å². The Morgan fingerprint density at radius 1 is 1.09 bits per heavy atom. The van der Waals surface area contributed by atoms with Gasteiger partial charge in [-0.25, -0.2) is 0 Å². The van der Waals surface area contributed by atoms with Crippen molar-refractivity contribution in [2.45, 2.75) is 32.2 Å². The first-order chi connectivity index (χ1) is 11.1. The van der Waals surface area contributed by atoms with Crippen LogP contribution in [0.5, 0.6) is 0 Å². The number of rotatable bonds is 5. The third kappa shape index (κ3) is 4.19. The van der Waals surface area contributed by atoms with Gasteiger partial charge in [0.05, 0.1) is 0 Å². The molecule has 1 fully saturated rings. The van der Waals surface area contributed by atoms with Gasteiger partial charge >= 0.3 is 0 Å². The molecule has 118 valence electrons. The van der Waals surface area contributed by atoms with Crippen molar-refractivity contribution < 1.29 is 9.59 Å². The molecule has 0 aromatic heterocycles. The summed E-state index contributed by atoms with van der Waals surface area (Å²) in [6.45, 7) is 1.94. The van der Waals surface area contributed by atoms with E-state index in [1.54, 1.807) is 24.3 Å². The number of hydrogen-bond acceptors (Lipinski definition) is 2. The second-order valence-corrected chi connectivity index (χ2v) is 5.96. The average Bonchev–Trinajstić information content (AvgIpc) is 3.37. The van der Waals surface area contributed by atoms with E-state index in [4.69, 9.17) is 0 Å². The van der Waals surface area contributed by atoms with Crippen molar-refractivity contribution in [3.05, 3.63) is 65.2 Å². The van der Waals surface area contributed by atoms with Gasteiger partial charge in [-0.1, -0.05) is 30.3 Å². The molecule has 4 nitrogen and oxygen atoms in total. The lowest BCUT2D eigenvalue weighted by Crippen LogP contribution is -2.23.